The molecule has 0 N–H and O–H groups in total. The Kier molecular flexibility index (Phi) is 10.5. The summed E-state index contributed by atoms with van der Waals surface area (Å²) in [6, 6.07) is 8.62. The van der Waals surface area contributed by atoms with Crippen molar-refractivity contribution in [3.63, 3.8) is 0 Å². The topological polar surface area (TPSA) is 71.1 Å². The molecule has 0 aromatic heterocycles. The lowest BCUT2D eigenvalue weighted by molar-refractivity contribution is -0.140. The van der Waals surface area contributed by atoms with Crippen LogP contribution in [0.25, 0.3) is 11.1 Å². The number of aryl methyl sites for hydroxylation is 2. The number of benzene rings is 2. The quantitative estimate of drug-likeness (QED) is 0.155. The molecule has 0 spiro atoms. The first kappa shape index (κ1) is 29.4. The molecule has 4 rings (SSSR count). The minimum Gasteiger partial charge on any atom is -0.493 e. The summed E-state index contributed by atoms with van der Waals surface area (Å²) in [7, 11) is 0. The lowest BCUT2D eigenvalue weighted by atomic mass is 9.80. The SMILES string of the molecule is C=C(C)C(=O)OCCCOc1ccc2c(c1-c1c(OCCCOC(=O)C(=C)C)ccc3c1CCCC3)CCCC2. The molecule has 0 amide bonds. The van der Waals surface area contributed by atoms with Crippen molar-refractivity contribution in [3.05, 3.63) is 70.8 Å². The fraction of sp³-hybridized carbons (Fsp3) is 0.471. The van der Waals surface area contributed by atoms with Crippen molar-refractivity contribution in [1.29, 1.82) is 0 Å². The van der Waals surface area contributed by atoms with Crippen LogP contribution in [-0.4, -0.2) is 38.4 Å². The largest absolute Gasteiger partial charge is 0.493 e. The van der Waals surface area contributed by atoms with E-state index in [9.17, 15) is 9.59 Å². The van der Waals surface area contributed by atoms with Crippen LogP contribution in [0.3, 0.4) is 0 Å². The molecule has 0 aliphatic heterocycles. The normalized spacial score (nSPS) is 13.9. The Bertz CT molecular complexity index is 1160. The van der Waals surface area contributed by atoms with Gasteiger partial charge in [-0.1, -0.05) is 25.3 Å². The Morgan fingerprint density at radius 1 is 0.625 bits per heavy atom. The molecule has 2 aliphatic rings. The summed E-state index contributed by atoms with van der Waals surface area (Å²) in [6.45, 7) is 12.0. The molecule has 6 heteroatoms. The number of esters is 2. The van der Waals surface area contributed by atoms with Crippen LogP contribution in [-0.2, 0) is 44.7 Å². The highest BCUT2D eigenvalue weighted by atomic mass is 16.5. The van der Waals surface area contributed by atoms with E-state index in [2.05, 4.69) is 37.4 Å². The van der Waals surface area contributed by atoms with Crippen LogP contribution in [0.4, 0.5) is 0 Å². The van der Waals surface area contributed by atoms with Crippen molar-refractivity contribution in [1.82, 2.24) is 0 Å². The Hall–Kier alpha value is -3.54. The van der Waals surface area contributed by atoms with E-state index in [4.69, 9.17) is 18.9 Å². The first-order valence-electron chi connectivity index (χ1n) is 14.6. The maximum absolute atomic E-state index is 11.7. The fourth-order valence-electron chi connectivity index (χ4n) is 5.46. The van der Waals surface area contributed by atoms with E-state index < -0.39 is 0 Å². The van der Waals surface area contributed by atoms with Crippen LogP contribution in [0.15, 0.2) is 48.6 Å². The third-order valence-corrected chi connectivity index (χ3v) is 7.49. The first-order chi connectivity index (χ1) is 19.4. The highest BCUT2D eigenvalue weighted by Crippen LogP contribution is 2.47. The molecule has 0 heterocycles. The predicted molar refractivity (Wildman–Crippen MR) is 157 cm³/mol. The predicted octanol–water partition coefficient (Wildman–Crippen LogP) is 6.89. The Morgan fingerprint density at radius 2 is 1.02 bits per heavy atom. The molecule has 0 saturated carbocycles. The smallest absolute Gasteiger partial charge is 0.333 e. The van der Waals surface area contributed by atoms with E-state index >= 15 is 0 Å². The van der Waals surface area contributed by atoms with Gasteiger partial charge in [0.05, 0.1) is 26.4 Å². The van der Waals surface area contributed by atoms with Gasteiger partial charge in [0, 0.05) is 35.1 Å². The second-order valence-electron chi connectivity index (χ2n) is 10.8. The lowest BCUT2D eigenvalue weighted by Crippen LogP contribution is -2.13. The molecule has 214 valence electrons. The number of rotatable bonds is 13. The second-order valence-corrected chi connectivity index (χ2v) is 10.8. The highest BCUT2D eigenvalue weighted by molar-refractivity contribution is 5.87. The number of ether oxygens (including phenoxy) is 4. The molecule has 2 aromatic carbocycles. The van der Waals surface area contributed by atoms with E-state index in [0.29, 0.717) is 37.2 Å². The van der Waals surface area contributed by atoms with Crippen LogP contribution >= 0.6 is 0 Å². The molecule has 0 saturated heterocycles. The molecule has 0 fully saturated rings. The monoisotopic (exact) mass is 546 g/mol. The molecule has 40 heavy (non-hydrogen) atoms. The summed E-state index contributed by atoms with van der Waals surface area (Å²) < 4.78 is 23.3. The maximum atomic E-state index is 11.7. The van der Waals surface area contributed by atoms with Gasteiger partial charge in [0.1, 0.15) is 11.5 Å². The molecular formula is C34H42O6. The number of hydrogen-bond donors (Lipinski definition) is 0. The van der Waals surface area contributed by atoms with Crippen LogP contribution in [0.2, 0.25) is 0 Å². The van der Waals surface area contributed by atoms with E-state index in [1.54, 1.807) is 13.8 Å². The van der Waals surface area contributed by atoms with Crippen molar-refractivity contribution in [2.45, 2.75) is 78.1 Å². The molecule has 6 nitrogen and oxygen atoms in total. The van der Waals surface area contributed by atoms with E-state index in [-0.39, 0.29) is 25.2 Å². The van der Waals surface area contributed by atoms with E-state index in [0.717, 1.165) is 61.2 Å². The van der Waals surface area contributed by atoms with E-state index in [1.165, 1.54) is 35.1 Å². The van der Waals surface area contributed by atoms with Gasteiger partial charge in [0.15, 0.2) is 0 Å². The van der Waals surface area contributed by atoms with Crippen molar-refractivity contribution in [3.8, 4) is 22.6 Å². The van der Waals surface area contributed by atoms with Gasteiger partial charge in [-0.25, -0.2) is 9.59 Å². The van der Waals surface area contributed by atoms with Crippen molar-refractivity contribution in [2.24, 2.45) is 0 Å². The number of fused-ring (bicyclic) bond motifs is 2. The molecule has 2 aromatic rings. The average Bonchev–Trinajstić information content (AvgIpc) is 2.96. The molecule has 0 atom stereocenters. The number of carbonyl (C=O) groups excluding carboxylic acids is 2. The van der Waals surface area contributed by atoms with Crippen LogP contribution in [0.1, 0.15) is 74.6 Å². The minimum atomic E-state index is -0.374. The zero-order chi connectivity index (χ0) is 28.5. The molecular weight excluding hydrogens is 504 g/mol. The van der Waals surface area contributed by atoms with Crippen molar-refractivity contribution >= 4 is 11.9 Å². The van der Waals surface area contributed by atoms with Gasteiger partial charge in [-0.15, -0.1) is 0 Å². The second kappa shape index (κ2) is 14.2. The number of hydrogen-bond acceptors (Lipinski definition) is 6. The van der Waals surface area contributed by atoms with Gasteiger partial charge >= 0.3 is 11.9 Å². The zero-order valence-corrected chi connectivity index (χ0v) is 24.1. The van der Waals surface area contributed by atoms with E-state index in [1.807, 2.05) is 0 Å². The van der Waals surface area contributed by atoms with Crippen LogP contribution in [0, 0.1) is 0 Å². The third-order valence-electron chi connectivity index (χ3n) is 7.49. The zero-order valence-electron chi connectivity index (χ0n) is 24.1. The maximum Gasteiger partial charge on any atom is 0.333 e. The Morgan fingerprint density at radius 3 is 1.43 bits per heavy atom. The van der Waals surface area contributed by atoms with Crippen LogP contribution < -0.4 is 9.47 Å². The lowest BCUT2D eigenvalue weighted by Gasteiger charge is -2.28. The van der Waals surface area contributed by atoms with Gasteiger partial charge in [-0.3, -0.25) is 0 Å². The van der Waals surface area contributed by atoms with Gasteiger partial charge in [-0.2, -0.15) is 0 Å². The van der Waals surface area contributed by atoms with Gasteiger partial charge in [-0.05, 0) is 99.6 Å². The van der Waals surface area contributed by atoms with Crippen molar-refractivity contribution < 1.29 is 28.5 Å². The summed E-state index contributed by atoms with van der Waals surface area (Å²) in [6.07, 6.45) is 10.0. The number of carbonyl (C=O) groups is 2. The third kappa shape index (κ3) is 7.35. The fourth-order valence-corrected chi connectivity index (χ4v) is 5.46. The van der Waals surface area contributed by atoms with Crippen LogP contribution in [0.5, 0.6) is 11.5 Å². The molecule has 0 radical (unpaired) electrons. The summed E-state index contributed by atoms with van der Waals surface area (Å²) in [4.78, 5) is 23.5. The average molecular weight is 547 g/mol. The summed E-state index contributed by atoms with van der Waals surface area (Å²) >= 11 is 0. The Labute approximate surface area is 238 Å². The summed E-state index contributed by atoms with van der Waals surface area (Å²) in [5, 5.41) is 0. The molecule has 2 aliphatic carbocycles. The van der Waals surface area contributed by atoms with Gasteiger partial charge < -0.3 is 18.9 Å². The highest BCUT2D eigenvalue weighted by Gasteiger charge is 2.26. The standard InChI is InChI=1S/C34H42O6/c1-23(2)33(35)39-21-9-19-37-29-17-15-25-11-5-7-13-27(25)31(29)32-28-14-8-6-12-26(28)16-18-30(32)38-20-10-22-40-34(36)24(3)4/h15-18H,1,3,5-14,19-22H2,2,4H3. The minimum absolute atomic E-state index is 0.289. The van der Waals surface area contributed by atoms with Gasteiger partial charge in [0.2, 0.25) is 0 Å². The first-order valence-corrected chi connectivity index (χ1v) is 14.6. The van der Waals surface area contributed by atoms with Gasteiger partial charge in [0.25, 0.3) is 0 Å². The summed E-state index contributed by atoms with van der Waals surface area (Å²) in [5.41, 5.74) is 8.58. The van der Waals surface area contributed by atoms with Crippen molar-refractivity contribution in [2.75, 3.05) is 26.4 Å². The Balaban J connectivity index is 1.61. The molecule has 0 bridgehead atoms. The summed E-state index contributed by atoms with van der Waals surface area (Å²) in [5.74, 6) is 0.959. The molecule has 0 unspecified atom stereocenters.